The Balaban J connectivity index is 1.89. The third kappa shape index (κ3) is 3.26. The highest BCUT2D eigenvalue weighted by Crippen LogP contribution is 2.21. The van der Waals surface area contributed by atoms with Crippen LogP contribution >= 0.6 is 0 Å². The SMILES string of the molecule is CC(C)(O)CCn1ccnc1-c1cccc(-n2cccn2)c1. The molecular formula is C17H20N4O. The summed E-state index contributed by atoms with van der Waals surface area (Å²) < 4.78 is 3.90. The normalized spacial score (nSPS) is 11.8. The molecule has 0 bridgehead atoms. The fourth-order valence-electron chi connectivity index (χ4n) is 2.35. The summed E-state index contributed by atoms with van der Waals surface area (Å²) in [6.45, 7) is 4.37. The van der Waals surface area contributed by atoms with Crippen molar-refractivity contribution in [2.45, 2.75) is 32.4 Å². The zero-order valence-corrected chi connectivity index (χ0v) is 12.8. The van der Waals surface area contributed by atoms with E-state index in [1.165, 1.54) is 0 Å². The Morgan fingerprint density at radius 3 is 2.73 bits per heavy atom. The van der Waals surface area contributed by atoms with E-state index in [1.807, 2.05) is 55.2 Å². The van der Waals surface area contributed by atoms with E-state index in [9.17, 15) is 5.11 Å². The van der Waals surface area contributed by atoms with Gasteiger partial charge in [0.15, 0.2) is 0 Å². The van der Waals surface area contributed by atoms with Crippen molar-refractivity contribution < 1.29 is 5.11 Å². The molecule has 0 saturated heterocycles. The lowest BCUT2D eigenvalue weighted by atomic mass is 10.1. The van der Waals surface area contributed by atoms with E-state index in [-0.39, 0.29) is 0 Å². The summed E-state index contributed by atoms with van der Waals surface area (Å²) in [4.78, 5) is 4.46. The van der Waals surface area contributed by atoms with Crippen LogP contribution in [0.25, 0.3) is 17.1 Å². The lowest BCUT2D eigenvalue weighted by molar-refractivity contribution is 0.0663. The number of nitrogens with zero attached hydrogens (tertiary/aromatic N) is 4. The highest BCUT2D eigenvalue weighted by atomic mass is 16.3. The topological polar surface area (TPSA) is 55.9 Å². The molecule has 1 N–H and O–H groups in total. The minimum Gasteiger partial charge on any atom is -0.390 e. The Kier molecular flexibility index (Phi) is 3.81. The zero-order chi connectivity index (χ0) is 15.6. The van der Waals surface area contributed by atoms with Crippen molar-refractivity contribution in [1.82, 2.24) is 19.3 Å². The highest BCUT2D eigenvalue weighted by Gasteiger charge is 2.14. The van der Waals surface area contributed by atoms with Gasteiger partial charge in [0.25, 0.3) is 0 Å². The third-order valence-electron chi connectivity index (χ3n) is 3.55. The lowest BCUT2D eigenvalue weighted by Gasteiger charge is -2.18. The molecule has 1 aromatic carbocycles. The smallest absolute Gasteiger partial charge is 0.139 e. The number of imidazole rings is 1. The standard InChI is InChI=1S/C17H20N4O/c1-17(2,22)7-11-20-12-9-18-16(20)14-5-3-6-15(13-14)21-10-4-8-19-21/h3-6,8-10,12-13,22H,7,11H2,1-2H3. The van der Waals surface area contributed by atoms with Gasteiger partial charge in [0.2, 0.25) is 0 Å². The molecule has 0 aliphatic carbocycles. The van der Waals surface area contributed by atoms with Crippen molar-refractivity contribution in [1.29, 1.82) is 0 Å². The van der Waals surface area contributed by atoms with Gasteiger partial charge in [-0.25, -0.2) is 9.67 Å². The summed E-state index contributed by atoms with van der Waals surface area (Å²) in [6.07, 6.45) is 8.09. The molecule has 0 aliphatic heterocycles. The number of benzene rings is 1. The first-order chi connectivity index (χ1) is 10.5. The summed E-state index contributed by atoms with van der Waals surface area (Å²) in [5, 5.41) is 14.2. The molecule has 0 fully saturated rings. The number of hydrogen-bond acceptors (Lipinski definition) is 3. The van der Waals surface area contributed by atoms with Crippen molar-refractivity contribution in [3.8, 4) is 17.1 Å². The summed E-state index contributed by atoms with van der Waals surface area (Å²) in [5.74, 6) is 0.901. The number of rotatable bonds is 5. The molecule has 2 heterocycles. The Morgan fingerprint density at radius 1 is 1.14 bits per heavy atom. The van der Waals surface area contributed by atoms with Crippen LogP contribution in [0.3, 0.4) is 0 Å². The van der Waals surface area contributed by atoms with Gasteiger partial charge in [-0.15, -0.1) is 0 Å². The minimum absolute atomic E-state index is 0.676. The molecule has 3 aromatic rings. The summed E-state index contributed by atoms with van der Waals surface area (Å²) >= 11 is 0. The van der Waals surface area contributed by atoms with Gasteiger partial charge in [-0.1, -0.05) is 12.1 Å². The van der Waals surface area contributed by atoms with Gasteiger partial charge < -0.3 is 9.67 Å². The summed E-state index contributed by atoms with van der Waals surface area (Å²) in [7, 11) is 0. The summed E-state index contributed by atoms with van der Waals surface area (Å²) in [6, 6.07) is 10.0. The molecule has 3 rings (SSSR count). The Labute approximate surface area is 129 Å². The summed E-state index contributed by atoms with van der Waals surface area (Å²) in [5.41, 5.74) is 1.35. The van der Waals surface area contributed by atoms with Crippen LogP contribution in [-0.2, 0) is 6.54 Å². The monoisotopic (exact) mass is 296 g/mol. The van der Waals surface area contributed by atoms with Gasteiger partial charge in [0, 0.05) is 36.9 Å². The average Bonchev–Trinajstić information content (AvgIpc) is 3.16. The molecule has 5 nitrogen and oxygen atoms in total. The molecule has 0 aliphatic rings. The largest absolute Gasteiger partial charge is 0.390 e. The molecule has 5 heteroatoms. The van der Waals surface area contributed by atoms with Crippen LogP contribution in [0.2, 0.25) is 0 Å². The number of aryl methyl sites for hydroxylation is 1. The maximum absolute atomic E-state index is 9.90. The lowest BCUT2D eigenvalue weighted by Crippen LogP contribution is -2.21. The van der Waals surface area contributed by atoms with Crippen LogP contribution in [0.15, 0.2) is 55.1 Å². The maximum atomic E-state index is 9.90. The Hall–Kier alpha value is -2.40. The number of hydrogen-bond donors (Lipinski definition) is 1. The van der Waals surface area contributed by atoms with E-state index < -0.39 is 5.60 Å². The highest BCUT2D eigenvalue weighted by molar-refractivity contribution is 5.59. The van der Waals surface area contributed by atoms with Crippen LogP contribution in [-0.4, -0.2) is 30.0 Å². The second kappa shape index (κ2) is 5.77. The second-order valence-electron chi connectivity index (χ2n) is 6.01. The van der Waals surface area contributed by atoms with Gasteiger partial charge in [-0.2, -0.15) is 5.10 Å². The molecular weight excluding hydrogens is 276 g/mol. The molecule has 0 saturated carbocycles. The van der Waals surface area contributed by atoms with Gasteiger partial charge in [0.1, 0.15) is 5.82 Å². The van der Waals surface area contributed by atoms with Gasteiger partial charge >= 0.3 is 0 Å². The van der Waals surface area contributed by atoms with Crippen LogP contribution in [0.1, 0.15) is 20.3 Å². The Bertz CT molecular complexity index is 738. The molecule has 22 heavy (non-hydrogen) atoms. The third-order valence-corrected chi connectivity index (χ3v) is 3.55. The average molecular weight is 296 g/mol. The predicted octanol–water partition coefficient (Wildman–Crippen LogP) is 2.90. The van der Waals surface area contributed by atoms with Gasteiger partial charge in [0.05, 0.1) is 11.3 Å². The number of aliphatic hydroxyl groups is 1. The van der Waals surface area contributed by atoms with Crippen molar-refractivity contribution in [3.63, 3.8) is 0 Å². The molecule has 0 spiro atoms. The van der Waals surface area contributed by atoms with E-state index in [0.717, 1.165) is 23.6 Å². The fourth-order valence-corrected chi connectivity index (χ4v) is 2.35. The quantitative estimate of drug-likeness (QED) is 0.787. The first-order valence-corrected chi connectivity index (χ1v) is 7.37. The fraction of sp³-hybridized carbons (Fsp3) is 0.294. The maximum Gasteiger partial charge on any atom is 0.139 e. The van der Waals surface area contributed by atoms with E-state index in [0.29, 0.717) is 6.42 Å². The molecule has 0 unspecified atom stereocenters. The first kappa shape index (κ1) is 14.5. The second-order valence-corrected chi connectivity index (χ2v) is 6.01. The molecule has 2 aromatic heterocycles. The molecule has 0 radical (unpaired) electrons. The van der Waals surface area contributed by atoms with E-state index >= 15 is 0 Å². The molecule has 114 valence electrons. The van der Waals surface area contributed by atoms with Gasteiger partial charge in [-0.3, -0.25) is 0 Å². The molecule has 0 atom stereocenters. The predicted molar refractivity (Wildman–Crippen MR) is 85.7 cm³/mol. The van der Waals surface area contributed by atoms with Crippen molar-refractivity contribution in [3.05, 3.63) is 55.1 Å². The molecule has 0 amide bonds. The zero-order valence-electron chi connectivity index (χ0n) is 12.8. The van der Waals surface area contributed by atoms with E-state index in [2.05, 4.69) is 20.7 Å². The van der Waals surface area contributed by atoms with E-state index in [1.54, 1.807) is 12.4 Å². The van der Waals surface area contributed by atoms with Crippen LogP contribution < -0.4 is 0 Å². The number of aromatic nitrogens is 4. The van der Waals surface area contributed by atoms with Crippen molar-refractivity contribution in [2.24, 2.45) is 0 Å². The van der Waals surface area contributed by atoms with Gasteiger partial charge in [-0.05, 0) is 38.5 Å². The van der Waals surface area contributed by atoms with Crippen LogP contribution in [0.5, 0.6) is 0 Å². The van der Waals surface area contributed by atoms with Crippen molar-refractivity contribution in [2.75, 3.05) is 0 Å². The first-order valence-electron chi connectivity index (χ1n) is 7.37. The van der Waals surface area contributed by atoms with E-state index in [4.69, 9.17) is 0 Å². The van der Waals surface area contributed by atoms with Crippen LogP contribution in [0.4, 0.5) is 0 Å². The van der Waals surface area contributed by atoms with Crippen LogP contribution in [0, 0.1) is 0 Å². The Morgan fingerprint density at radius 2 is 2.00 bits per heavy atom. The minimum atomic E-state index is -0.682. The van der Waals surface area contributed by atoms with Crippen molar-refractivity contribution >= 4 is 0 Å².